The van der Waals surface area contributed by atoms with E-state index >= 15 is 0 Å². The lowest BCUT2D eigenvalue weighted by Crippen LogP contribution is -2.39. The zero-order chi connectivity index (χ0) is 30.3. The highest BCUT2D eigenvalue weighted by Crippen LogP contribution is 2.49. The number of hydrogen-bond acceptors (Lipinski definition) is 4. The predicted octanol–water partition coefficient (Wildman–Crippen LogP) is 7.51. The molecule has 0 unspecified atom stereocenters. The first-order valence-electron chi connectivity index (χ1n) is 13.6. The monoisotopic (exact) mass is 587 g/mol. The van der Waals surface area contributed by atoms with Crippen molar-refractivity contribution >= 4 is 6.09 Å². The molecule has 0 radical (unpaired) electrons. The average Bonchev–Trinajstić information content (AvgIpc) is 3.30. The Morgan fingerprint density at radius 1 is 0.976 bits per heavy atom. The van der Waals surface area contributed by atoms with E-state index in [1.165, 1.54) is 0 Å². The van der Waals surface area contributed by atoms with Crippen molar-refractivity contribution in [2.24, 2.45) is 11.8 Å². The maximum Gasteiger partial charge on any atom is 0.416 e. The number of carbonyl (C=O) groups is 1. The van der Waals surface area contributed by atoms with E-state index in [1.807, 2.05) is 31.2 Å². The number of carbonyl (C=O) groups excluding carboxylic acids is 1. The molecule has 11 heteroatoms. The number of aliphatic hydroxyl groups is 1. The molecular formula is C30H35F6NO4. The fourth-order valence-corrected chi connectivity index (χ4v) is 6.07. The number of nitrogens with zero attached hydrogens (tertiary/aromatic N) is 1. The van der Waals surface area contributed by atoms with Gasteiger partial charge in [0.2, 0.25) is 0 Å². The summed E-state index contributed by atoms with van der Waals surface area (Å²) in [7, 11) is 0. The molecule has 5 atom stereocenters. The van der Waals surface area contributed by atoms with E-state index in [4.69, 9.17) is 9.47 Å². The molecule has 0 aromatic heterocycles. The van der Waals surface area contributed by atoms with Crippen LogP contribution in [0.15, 0.2) is 42.5 Å². The summed E-state index contributed by atoms with van der Waals surface area (Å²) < 4.78 is 93.0. The number of benzene rings is 2. The van der Waals surface area contributed by atoms with Crippen molar-refractivity contribution in [3.63, 3.8) is 0 Å². The SMILES string of the molecule is Cc1ccccc1[C@H]1[C@@H]2CN(C(=O)OC(C)(C)C)C[C@H]2CC[C@@H]1O[C@H](CO)c1cc(C(F)(F)F)cc(C(F)(F)F)c1. The van der Waals surface area contributed by atoms with Gasteiger partial charge in [-0.3, -0.25) is 0 Å². The van der Waals surface area contributed by atoms with E-state index in [2.05, 4.69) is 0 Å². The van der Waals surface area contributed by atoms with Crippen LogP contribution in [-0.2, 0) is 21.8 Å². The lowest BCUT2D eigenvalue weighted by atomic mass is 9.68. The highest BCUT2D eigenvalue weighted by molar-refractivity contribution is 5.68. The minimum absolute atomic E-state index is 0.0586. The molecule has 2 fully saturated rings. The van der Waals surface area contributed by atoms with Crippen molar-refractivity contribution < 1.29 is 45.7 Å². The molecule has 4 rings (SSSR count). The summed E-state index contributed by atoms with van der Waals surface area (Å²) in [5, 5.41) is 10.2. The van der Waals surface area contributed by atoms with E-state index in [0.717, 1.165) is 11.1 Å². The molecule has 1 saturated carbocycles. The Balaban J connectivity index is 1.68. The Bertz CT molecular complexity index is 1210. The maximum atomic E-state index is 13.5. The standard InChI is InChI=1S/C30H35F6NO4/c1-17-7-5-6-8-22(17)26-23-15-37(27(39)41-28(2,3)4)14-18(23)9-10-24(26)40-25(16-38)19-11-20(29(31,32)33)13-21(12-19)30(34,35)36/h5-8,11-13,18,23-26,38H,9-10,14-16H2,1-4H3/t18-,23-,24+,25-,26+/m1/s1. The first kappa shape index (κ1) is 31.2. The Hall–Kier alpha value is -2.79. The number of amides is 1. The highest BCUT2D eigenvalue weighted by Gasteiger charge is 2.48. The summed E-state index contributed by atoms with van der Waals surface area (Å²) in [6, 6.07) is 8.83. The molecule has 0 spiro atoms. The fourth-order valence-electron chi connectivity index (χ4n) is 6.07. The van der Waals surface area contributed by atoms with Crippen molar-refractivity contribution in [3.05, 3.63) is 70.3 Å². The molecule has 1 aliphatic heterocycles. The number of aliphatic hydroxyl groups excluding tert-OH is 1. The van der Waals surface area contributed by atoms with Crippen LogP contribution in [0.3, 0.4) is 0 Å². The fraction of sp³-hybridized carbons (Fsp3) is 0.567. The van der Waals surface area contributed by atoms with Crippen LogP contribution in [0.25, 0.3) is 0 Å². The molecule has 0 bridgehead atoms. The van der Waals surface area contributed by atoms with E-state index in [1.54, 1.807) is 25.7 Å². The first-order valence-corrected chi connectivity index (χ1v) is 13.6. The van der Waals surface area contributed by atoms with Crippen molar-refractivity contribution in [1.82, 2.24) is 4.90 Å². The second-order valence-electron chi connectivity index (χ2n) is 12.0. The minimum Gasteiger partial charge on any atom is -0.444 e. The van der Waals surface area contributed by atoms with Crippen LogP contribution in [0.4, 0.5) is 31.1 Å². The van der Waals surface area contributed by atoms with Crippen LogP contribution < -0.4 is 0 Å². The van der Waals surface area contributed by atoms with Crippen LogP contribution >= 0.6 is 0 Å². The summed E-state index contributed by atoms with van der Waals surface area (Å²) in [4.78, 5) is 14.5. The first-order chi connectivity index (χ1) is 19.0. The van der Waals surface area contributed by atoms with Crippen molar-refractivity contribution in [2.75, 3.05) is 19.7 Å². The molecule has 5 nitrogen and oxygen atoms in total. The normalized spacial score (nSPS) is 24.2. The van der Waals surface area contributed by atoms with Gasteiger partial charge < -0.3 is 19.5 Å². The molecular weight excluding hydrogens is 552 g/mol. The molecule has 1 aliphatic carbocycles. The van der Waals surface area contributed by atoms with Gasteiger partial charge in [-0.1, -0.05) is 24.3 Å². The second kappa shape index (κ2) is 11.5. The van der Waals surface area contributed by atoms with Crippen LogP contribution in [0.5, 0.6) is 0 Å². The van der Waals surface area contributed by atoms with Gasteiger partial charge >= 0.3 is 18.4 Å². The Kier molecular flexibility index (Phi) is 8.72. The van der Waals surface area contributed by atoms with Gasteiger partial charge in [0.1, 0.15) is 11.7 Å². The summed E-state index contributed by atoms with van der Waals surface area (Å²) >= 11 is 0. The number of rotatable bonds is 5. The lowest BCUT2D eigenvalue weighted by Gasteiger charge is -2.41. The van der Waals surface area contributed by atoms with Gasteiger partial charge in [0.25, 0.3) is 0 Å². The van der Waals surface area contributed by atoms with Crippen LogP contribution in [-0.4, -0.2) is 47.5 Å². The second-order valence-corrected chi connectivity index (χ2v) is 12.0. The van der Waals surface area contributed by atoms with Gasteiger partial charge in [-0.15, -0.1) is 0 Å². The topological polar surface area (TPSA) is 59.0 Å². The summed E-state index contributed by atoms with van der Waals surface area (Å²) in [6.45, 7) is 7.28. The zero-order valence-corrected chi connectivity index (χ0v) is 23.4. The molecule has 2 aromatic carbocycles. The molecule has 1 saturated heterocycles. The van der Waals surface area contributed by atoms with Crippen molar-refractivity contribution in [3.8, 4) is 0 Å². The van der Waals surface area contributed by atoms with Crippen molar-refractivity contribution in [2.45, 2.75) is 76.6 Å². The third-order valence-corrected chi connectivity index (χ3v) is 7.86. The van der Waals surface area contributed by atoms with Crippen LogP contribution in [0.1, 0.15) is 73.5 Å². The number of aryl methyl sites for hydroxylation is 1. The number of likely N-dealkylation sites (tertiary alicyclic amines) is 1. The lowest BCUT2D eigenvalue weighted by molar-refractivity contribution is -0.143. The molecule has 1 amide bonds. The quantitative estimate of drug-likeness (QED) is 0.368. The molecule has 41 heavy (non-hydrogen) atoms. The molecule has 2 aromatic rings. The van der Waals surface area contributed by atoms with Crippen molar-refractivity contribution in [1.29, 1.82) is 0 Å². The number of ether oxygens (including phenoxy) is 2. The third-order valence-electron chi connectivity index (χ3n) is 7.86. The average molecular weight is 588 g/mol. The van der Waals surface area contributed by atoms with Crippen LogP contribution in [0.2, 0.25) is 0 Å². The Morgan fingerprint density at radius 2 is 1.59 bits per heavy atom. The van der Waals surface area contributed by atoms with Gasteiger partial charge in [-0.2, -0.15) is 26.3 Å². The van der Waals surface area contributed by atoms with Gasteiger partial charge in [-0.05, 0) is 87.3 Å². The van der Waals surface area contributed by atoms with E-state index in [0.29, 0.717) is 38.1 Å². The molecule has 226 valence electrons. The summed E-state index contributed by atoms with van der Waals surface area (Å²) in [5.74, 6) is -0.303. The van der Waals surface area contributed by atoms with E-state index < -0.39 is 59.6 Å². The van der Waals surface area contributed by atoms with E-state index in [-0.39, 0.29) is 23.8 Å². The maximum absolute atomic E-state index is 13.5. The van der Waals surface area contributed by atoms with Crippen LogP contribution in [0, 0.1) is 18.8 Å². The van der Waals surface area contributed by atoms with E-state index in [9.17, 15) is 36.2 Å². The number of halogens is 6. The predicted molar refractivity (Wildman–Crippen MR) is 139 cm³/mol. The Labute approximate surface area is 235 Å². The smallest absolute Gasteiger partial charge is 0.416 e. The van der Waals surface area contributed by atoms with Gasteiger partial charge in [0.15, 0.2) is 0 Å². The third kappa shape index (κ3) is 7.17. The minimum atomic E-state index is -5.02. The molecule has 2 aliphatic rings. The van der Waals surface area contributed by atoms with Gasteiger partial charge in [-0.25, -0.2) is 4.79 Å². The largest absolute Gasteiger partial charge is 0.444 e. The molecule has 1 heterocycles. The number of fused-ring (bicyclic) bond motifs is 1. The number of hydrogen-bond donors (Lipinski definition) is 1. The Morgan fingerprint density at radius 3 is 2.12 bits per heavy atom. The van der Waals surface area contributed by atoms with Gasteiger partial charge in [0.05, 0.1) is 23.8 Å². The summed E-state index contributed by atoms with van der Waals surface area (Å²) in [6.07, 6.45) is -11.5. The zero-order valence-electron chi connectivity index (χ0n) is 23.4. The van der Waals surface area contributed by atoms with Gasteiger partial charge in [0, 0.05) is 19.0 Å². The molecule has 1 N–H and O–H groups in total. The summed E-state index contributed by atoms with van der Waals surface area (Å²) in [5.41, 5.74) is -2.14. The highest BCUT2D eigenvalue weighted by atomic mass is 19.4. The number of alkyl halides is 6.